The van der Waals surface area contributed by atoms with Crippen LogP contribution < -0.4 is 4.72 Å². The maximum absolute atomic E-state index is 12.9. The average Bonchev–Trinajstić information content (AvgIpc) is 3.23. The van der Waals surface area contributed by atoms with Crippen LogP contribution in [-0.2, 0) is 32.6 Å². The molecule has 0 bridgehead atoms. The zero-order valence-electron chi connectivity index (χ0n) is 34.1. The van der Waals surface area contributed by atoms with Gasteiger partial charge >= 0.3 is 0 Å². The van der Waals surface area contributed by atoms with E-state index in [0.717, 1.165) is 53.0 Å². The third-order valence-electron chi connectivity index (χ3n) is 11.2. The van der Waals surface area contributed by atoms with Crippen molar-refractivity contribution >= 4 is 10.0 Å². The number of aliphatic hydroxyl groups excluding tert-OH is 1. The Labute approximate surface area is 337 Å². The van der Waals surface area contributed by atoms with Gasteiger partial charge in [0.15, 0.2) is 6.29 Å². The minimum atomic E-state index is -3.63. The lowest BCUT2D eigenvalue weighted by molar-refractivity contribution is -0.276. The van der Waals surface area contributed by atoms with Crippen molar-refractivity contribution in [3.05, 3.63) is 125 Å². The van der Waals surface area contributed by atoms with E-state index in [0.29, 0.717) is 0 Å². The fourth-order valence-electron chi connectivity index (χ4n) is 7.70. The van der Waals surface area contributed by atoms with Crippen LogP contribution in [0.3, 0.4) is 0 Å². The highest BCUT2D eigenvalue weighted by Crippen LogP contribution is 2.42. The maximum atomic E-state index is 12.9. The number of hydrogen-bond donors (Lipinski definition) is 2. The van der Waals surface area contributed by atoms with Gasteiger partial charge in [-0.15, -0.1) is 0 Å². The molecule has 4 atom stereocenters. The standard InChI is InChI=1S/C48H66N2O5S/c1-4-6-8-10-12-17-31-50(32-18-13-11-9-7-5-2)36-46-38(3)47(41-29-27-39(37-51)28-30-41)55-48(54-46)44-24-20-23-43(34-44)42-22-19-21-40(33-42)35-49-56(52,53)45-25-15-14-16-26-45/h14-16,19-30,33-34,38,46-49,51H,4-13,17-18,31-32,35-37H2,1-3H3. The Morgan fingerprint density at radius 1 is 0.643 bits per heavy atom. The summed E-state index contributed by atoms with van der Waals surface area (Å²) in [6.07, 6.45) is 14.6. The summed E-state index contributed by atoms with van der Waals surface area (Å²) in [7, 11) is -3.63. The molecule has 5 rings (SSSR count). The van der Waals surface area contributed by atoms with Crippen molar-refractivity contribution in [2.45, 2.75) is 134 Å². The van der Waals surface area contributed by atoms with Gasteiger partial charge in [-0.1, -0.05) is 164 Å². The number of nitrogens with one attached hydrogen (secondary N) is 1. The van der Waals surface area contributed by atoms with Crippen LogP contribution >= 0.6 is 0 Å². The van der Waals surface area contributed by atoms with E-state index in [-0.39, 0.29) is 36.2 Å². The van der Waals surface area contributed by atoms with Gasteiger partial charge in [0.1, 0.15) is 0 Å². The normalized spacial score (nSPS) is 18.7. The number of ether oxygens (including phenoxy) is 2. The molecule has 1 aliphatic rings. The Hall–Kier alpha value is -3.37. The maximum Gasteiger partial charge on any atom is 0.240 e. The van der Waals surface area contributed by atoms with Gasteiger partial charge < -0.3 is 19.5 Å². The predicted molar refractivity (Wildman–Crippen MR) is 229 cm³/mol. The van der Waals surface area contributed by atoms with Crippen LogP contribution in [0.25, 0.3) is 11.1 Å². The summed E-state index contributed by atoms with van der Waals surface area (Å²) in [5.41, 5.74) is 5.79. The van der Waals surface area contributed by atoms with Crippen LogP contribution in [0.4, 0.5) is 0 Å². The summed E-state index contributed by atoms with van der Waals surface area (Å²) in [6, 6.07) is 32.9. The number of nitrogens with zero attached hydrogens (tertiary/aromatic N) is 1. The summed E-state index contributed by atoms with van der Waals surface area (Å²) < 4.78 is 42.4. The van der Waals surface area contributed by atoms with Gasteiger partial charge in [0.05, 0.1) is 23.7 Å². The molecule has 0 amide bonds. The van der Waals surface area contributed by atoms with Crippen molar-refractivity contribution in [1.29, 1.82) is 0 Å². The lowest BCUT2D eigenvalue weighted by atomic mass is 9.89. The minimum absolute atomic E-state index is 0.00839. The van der Waals surface area contributed by atoms with Crippen LogP contribution in [0.5, 0.6) is 0 Å². The second-order valence-corrected chi connectivity index (χ2v) is 17.4. The highest BCUT2D eigenvalue weighted by Gasteiger charge is 2.39. The Morgan fingerprint density at radius 2 is 1.25 bits per heavy atom. The zero-order valence-corrected chi connectivity index (χ0v) is 34.9. The number of aliphatic hydroxyl groups is 1. The first-order valence-electron chi connectivity index (χ1n) is 21.3. The smallest absolute Gasteiger partial charge is 0.240 e. The van der Waals surface area contributed by atoms with Crippen LogP contribution in [-0.4, -0.2) is 44.2 Å². The van der Waals surface area contributed by atoms with Gasteiger partial charge in [-0.3, -0.25) is 0 Å². The summed E-state index contributed by atoms with van der Waals surface area (Å²) in [5.74, 6) is 0.113. The highest BCUT2D eigenvalue weighted by molar-refractivity contribution is 7.89. The fourth-order valence-corrected chi connectivity index (χ4v) is 8.73. The molecule has 0 aromatic heterocycles. The third-order valence-corrected chi connectivity index (χ3v) is 12.6. The van der Waals surface area contributed by atoms with Gasteiger partial charge in [0, 0.05) is 24.6 Å². The predicted octanol–water partition coefficient (Wildman–Crippen LogP) is 11.1. The first kappa shape index (κ1) is 43.7. The molecular weight excluding hydrogens is 717 g/mol. The van der Waals surface area contributed by atoms with Crippen molar-refractivity contribution in [2.24, 2.45) is 5.92 Å². The van der Waals surface area contributed by atoms with Crippen molar-refractivity contribution in [1.82, 2.24) is 9.62 Å². The summed E-state index contributed by atoms with van der Waals surface area (Å²) in [5, 5.41) is 9.75. The van der Waals surface area contributed by atoms with Crippen molar-refractivity contribution in [3.63, 3.8) is 0 Å². The van der Waals surface area contributed by atoms with E-state index in [4.69, 9.17) is 9.47 Å². The van der Waals surface area contributed by atoms with E-state index in [1.165, 1.54) is 77.0 Å². The van der Waals surface area contributed by atoms with E-state index < -0.39 is 16.3 Å². The van der Waals surface area contributed by atoms with Gasteiger partial charge in [0.2, 0.25) is 10.0 Å². The summed E-state index contributed by atoms with van der Waals surface area (Å²) >= 11 is 0. The molecule has 1 aliphatic heterocycles. The highest BCUT2D eigenvalue weighted by atomic mass is 32.2. The molecular formula is C48H66N2O5S. The summed E-state index contributed by atoms with van der Waals surface area (Å²) in [6.45, 7) is 10.0. The molecule has 0 aliphatic carbocycles. The molecule has 8 heteroatoms. The van der Waals surface area contributed by atoms with Crippen molar-refractivity contribution in [2.75, 3.05) is 19.6 Å². The molecule has 1 heterocycles. The first-order valence-corrected chi connectivity index (χ1v) is 22.8. The Balaban J connectivity index is 1.34. The molecule has 56 heavy (non-hydrogen) atoms. The number of benzene rings is 4. The van der Waals surface area contributed by atoms with E-state index >= 15 is 0 Å². The molecule has 0 radical (unpaired) electrons. The molecule has 0 saturated carbocycles. The number of unbranched alkanes of at least 4 members (excludes halogenated alkanes) is 10. The summed E-state index contributed by atoms with van der Waals surface area (Å²) in [4.78, 5) is 2.91. The Morgan fingerprint density at radius 3 is 1.89 bits per heavy atom. The van der Waals surface area contributed by atoms with Crippen LogP contribution in [0, 0.1) is 5.92 Å². The number of hydrogen-bond acceptors (Lipinski definition) is 6. The largest absolute Gasteiger partial charge is 0.392 e. The topological polar surface area (TPSA) is 88.1 Å². The first-order chi connectivity index (χ1) is 27.3. The van der Waals surface area contributed by atoms with E-state index in [2.05, 4.69) is 66.8 Å². The molecule has 304 valence electrons. The van der Waals surface area contributed by atoms with E-state index in [9.17, 15) is 13.5 Å². The molecule has 4 aromatic carbocycles. The van der Waals surface area contributed by atoms with Crippen molar-refractivity contribution < 1.29 is 23.0 Å². The van der Waals surface area contributed by atoms with Crippen LogP contribution in [0.2, 0.25) is 0 Å². The van der Waals surface area contributed by atoms with Crippen LogP contribution in [0.1, 0.15) is 132 Å². The van der Waals surface area contributed by atoms with Crippen molar-refractivity contribution in [3.8, 4) is 11.1 Å². The second-order valence-electron chi connectivity index (χ2n) is 15.6. The molecule has 2 N–H and O–H groups in total. The Bertz CT molecular complexity index is 1800. The lowest BCUT2D eigenvalue weighted by Gasteiger charge is -2.43. The van der Waals surface area contributed by atoms with Gasteiger partial charge in [0.25, 0.3) is 0 Å². The third kappa shape index (κ3) is 13.4. The number of sulfonamides is 1. The number of rotatable bonds is 24. The van der Waals surface area contributed by atoms with Gasteiger partial charge in [-0.2, -0.15) is 0 Å². The minimum Gasteiger partial charge on any atom is -0.392 e. The lowest BCUT2D eigenvalue weighted by Crippen LogP contribution is -2.45. The molecule has 1 saturated heterocycles. The Kier molecular flexibility index (Phi) is 18.1. The quantitative estimate of drug-likeness (QED) is 0.0688. The molecule has 4 unspecified atom stereocenters. The SMILES string of the molecule is CCCCCCCCN(CCCCCCCC)CC1OC(c2cccc(-c3cccc(CNS(=O)(=O)c4ccccc4)c3)c2)OC(c2ccc(CO)cc2)C1C. The molecule has 0 spiro atoms. The van der Waals surface area contributed by atoms with E-state index in [1.807, 2.05) is 36.4 Å². The molecule has 1 fully saturated rings. The van der Waals surface area contributed by atoms with Crippen LogP contribution in [0.15, 0.2) is 108 Å². The average molecular weight is 783 g/mol. The fraction of sp³-hybridized carbons (Fsp3) is 0.500. The second kappa shape index (κ2) is 23.1. The van der Waals surface area contributed by atoms with Gasteiger partial charge in [-0.05, 0) is 78.0 Å². The van der Waals surface area contributed by atoms with Gasteiger partial charge in [-0.25, -0.2) is 13.1 Å². The zero-order chi connectivity index (χ0) is 39.6. The van der Waals surface area contributed by atoms with E-state index in [1.54, 1.807) is 30.3 Å². The molecule has 4 aromatic rings. The monoisotopic (exact) mass is 782 g/mol. The molecule has 7 nitrogen and oxygen atoms in total.